The van der Waals surface area contributed by atoms with Gasteiger partial charge >= 0.3 is 0 Å². The molecule has 0 saturated heterocycles. The molecule has 0 spiro atoms. The van der Waals surface area contributed by atoms with Crippen molar-refractivity contribution in [2.75, 3.05) is 6.61 Å². The summed E-state index contributed by atoms with van der Waals surface area (Å²) in [6, 6.07) is 10.7. The summed E-state index contributed by atoms with van der Waals surface area (Å²) in [6.45, 7) is 6.54. The average Bonchev–Trinajstić information content (AvgIpc) is 2.30. The summed E-state index contributed by atoms with van der Waals surface area (Å²) in [6.07, 6.45) is 1.93. The summed E-state index contributed by atoms with van der Waals surface area (Å²) < 4.78 is 0. The molecule has 0 bridgehead atoms. The lowest BCUT2D eigenvalue weighted by Gasteiger charge is -2.32. The van der Waals surface area contributed by atoms with Crippen molar-refractivity contribution in [2.24, 2.45) is 0 Å². The van der Waals surface area contributed by atoms with Gasteiger partial charge in [0.15, 0.2) is 0 Å². The number of aliphatic hydroxyl groups is 1. The summed E-state index contributed by atoms with van der Waals surface area (Å²) in [5, 5.41) is 13.0. The van der Waals surface area contributed by atoms with Crippen LogP contribution in [0.25, 0.3) is 0 Å². The lowest BCUT2D eigenvalue weighted by Crippen LogP contribution is -2.51. The molecule has 2 unspecified atom stereocenters. The van der Waals surface area contributed by atoms with E-state index in [1.54, 1.807) is 0 Å². The van der Waals surface area contributed by atoms with E-state index < -0.39 is 0 Å². The summed E-state index contributed by atoms with van der Waals surface area (Å²) in [5.74, 6) is 0. The fourth-order valence-corrected chi connectivity index (χ4v) is 1.90. The molecule has 2 nitrogen and oxygen atoms in total. The van der Waals surface area contributed by atoms with Crippen molar-refractivity contribution in [1.82, 2.24) is 5.32 Å². The van der Waals surface area contributed by atoms with Crippen LogP contribution in [0.3, 0.4) is 0 Å². The molecule has 0 aromatic heterocycles. The molecule has 16 heavy (non-hydrogen) atoms. The number of hydrogen-bond acceptors (Lipinski definition) is 2. The Hall–Kier alpha value is -0.860. The number of rotatable bonds is 6. The first-order chi connectivity index (χ1) is 7.59. The minimum atomic E-state index is -0.225. The molecule has 1 aromatic carbocycles. The second-order valence-corrected chi connectivity index (χ2v) is 4.83. The van der Waals surface area contributed by atoms with Crippen LogP contribution in [-0.4, -0.2) is 23.3 Å². The molecule has 0 aliphatic rings. The summed E-state index contributed by atoms with van der Waals surface area (Å²) in [7, 11) is 0. The number of aliphatic hydroxyl groups excluding tert-OH is 1. The molecule has 2 N–H and O–H groups in total. The van der Waals surface area contributed by atoms with E-state index in [2.05, 4.69) is 38.2 Å². The van der Waals surface area contributed by atoms with Crippen LogP contribution < -0.4 is 5.32 Å². The van der Waals surface area contributed by atoms with Crippen molar-refractivity contribution in [1.29, 1.82) is 0 Å². The molecule has 90 valence electrons. The van der Waals surface area contributed by atoms with Gasteiger partial charge in [0.25, 0.3) is 0 Å². The predicted molar refractivity (Wildman–Crippen MR) is 68.5 cm³/mol. The Labute approximate surface area is 98.7 Å². The van der Waals surface area contributed by atoms with Crippen molar-refractivity contribution in [3.8, 4) is 0 Å². The predicted octanol–water partition coefficient (Wildman–Crippen LogP) is 2.37. The summed E-state index contributed by atoms with van der Waals surface area (Å²) >= 11 is 0. The Balaban J connectivity index is 2.66. The van der Waals surface area contributed by atoms with Gasteiger partial charge in [-0.05, 0) is 32.3 Å². The van der Waals surface area contributed by atoms with Crippen LogP contribution in [-0.2, 0) is 6.42 Å². The van der Waals surface area contributed by atoms with E-state index in [0.717, 1.165) is 12.8 Å². The number of nitrogens with one attached hydrogen (secondary N) is 1. The van der Waals surface area contributed by atoms with E-state index in [0.29, 0.717) is 6.04 Å². The van der Waals surface area contributed by atoms with E-state index in [4.69, 9.17) is 0 Å². The highest BCUT2D eigenvalue weighted by Gasteiger charge is 2.24. The fourth-order valence-electron chi connectivity index (χ4n) is 1.90. The van der Waals surface area contributed by atoms with E-state index >= 15 is 0 Å². The summed E-state index contributed by atoms with van der Waals surface area (Å²) in [5.41, 5.74) is 1.03. The quantitative estimate of drug-likeness (QED) is 0.773. The molecular formula is C14H23NO. The maximum atomic E-state index is 9.53. The van der Waals surface area contributed by atoms with Gasteiger partial charge in [-0.2, -0.15) is 0 Å². The number of hydrogen-bond donors (Lipinski definition) is 2. The van der Waals surface area contributed by atoms with Gasteiger partial charge in [0.05, 0.1) is 6.61 Å². The van der Waals surface area contributed by atoms with Gasteiger partial charge in [-0.3, -0.25) is 0 Å². The average molecular weight is 221 g/mol. The largest absolute Gasteiger partial charge is 0.394 e. The van der Waals surface area contributed by atoms with E-state index in [-0.39, 0.29) is 12.1 Å². The molecule has 0 fully saturated rings. The van der Waals surface area contributed by atoms with Crippen LogP contribution in [0.15, 0.2) is 30.3 Å². The van der Waals surface area contributed by atoms with Crippen LogP contribution >= 0.6 is 0 Å². The monoisotopic (exact) mass is 221 g/mol. The minimum absolute atomic E-state index is 0.159. The standard InChI is InChI=1S/C14H23NO/c1-4-12(2)15-14(3,11-16)10-13-8-6-5-7-9-13/h5-9,12,15-16H,4,10-11H2,1-3H3. The van der Waals surface area contributed by atoms with Gasteiger partial charge in [0, 0.05) is 11.6 Å². The third kappa shape index (κ3) is 3.95. The Morgan fingerprint density at radius 1 is 1.31 bits per heavy atom. The van der Waals surface area contributed by atoms with Crippen LogP contribution in [0.2, 0.25) is 0 Å². The molecule has 0 saturated carbocycles. The first-order valence-electron chi connectivity index (χ1n) is 6.02. The van der Waals surface area contributed by atoms with Crippen molar-refractivity contribution >= 4 is 0 Å². The van der Waals surface area contributed by atoms with Gasteiger partial charge in [0.1, 0.15) is 0 Å². The first kappa shape index (κ1) is 13.2. The maximum absolute atomic E-state index is 9.53. The minimum Gasteiger partial charge on any atom is -0.394 e. The van der Waals surface area contributed by atoms with Crippen molar-refractivity contribution in [2.45, 2.75) is 45.2 Å². The van der Waals surface area contributed by atoms with Crippen molar-refractivity contribution < 1.29 is 5.11 Å². The summed E-state index contributed by atoms with van der Waals surface area (Å²) in [4.78, 5) is 0. The maximum Gasteiger partial charge on any atom is 0.0613 e. The third-order valence-electron chi connectivity index (χ3n) is 2.99. The smallest absolute Gasteiger partial charge is 0.0613 e. The van der Waals surface area contributed by atoms with Gasteiger partial charge in [0.2, 0.25) is 0 Å². The topological polar surface area (TPSA) is 32.3 Å². The first-order valence-corrected chi connectivity index (χ1v) is 6.02. The Morgan fingerprint density at radius 3 is 2.44 bits per heavy atom. The highest BCUT2D eigenvalue weighted by molar-refractivity contribution is 5.17. The lowest BCUT2D eigenvalue weighted by atomic mass is 9.92. The van der Waals surface area contributed by atoms with Crippen LogP contribution in [0.1, 0.15) is 32.8 Å². The molecule has 2 atom stereocenters. The third-order valence-corrected chi connectivity index (χ3v) is 2.99. The van der Waals surface area contributed by atoms with E-state index in [1.165, 1.54) is 5.56 Å². The molecular weight excluding hydrogens is 198 g/mol. The van der Waals surface area contributed by atoms with E-state index in [1.807, 2.05) is 18.2 Å². The van der Waals surface area contributed by atoms with Crippen LogP contribution in [0, 0.1) is 0 Å². The molecule has 0 radical (unpaired) electrons. The lowest BCUT2D eigenvalue weighted by molar-refractivity contribution is 0.161. The van der Waals surface area contributed by atoms with Gasteiger partial charge in [-0.15, -0.1) is 0 Å². The molecule has 0 aliphatic heterocycles. The molecule has 2 heteroatoms. The number of benzene rings is 1. The highest BCUT2D eigenvalue weighted by atomic mass is 16.3. The molecule has 0 heterocycles. The van der Waals surface area contributed by atoms with E-state index in [9.17, 15) is 5.11 Å². The molecule has 1 aromatic rings. The van der Waals surface area contributed by atoms with Gasteiger partial charge in [-0.1, -0.05) is 37.3 Å². The normalized spacial score (nSPS) is 16.8. The molecule has 0 amide bonds. The molecule has 0 aliphatic carbocycles. The second-order valence-electron chi connectivity index (χ2n) is 4.83. The Morgan fingerprint density at radius 2 is 1.94 bits per heavy atom. The van der Waals surface area contributed by atoms with Crippen molar-refractivity contribution in [3.63, 3.8) is 0 Å². The van der Waals surface area contributed by atoms with Gasteiger partial charge < -0.3 is 10.4 Å². The van der Waals surface area contributed by atoms with Crippen LogP contribution in [0.4, 0.5) is 0 Å². The Kier molecular flexibility index (Phi) is 4.97. The van der Waals surface area contributed by atoms with Gasteiger partial charge in [-0.25, -0.2) is 0 Å². The SMILES string of the molecule is CCC(C)NC(C)(CO)Cc1ccccc1. The fraction of sp³-hybridized carbons (Fsp3) is 0.571. The highest BCUT2D eigenvalue weighted by Crippen LogP contribution is 2.14. The van der Waals surface area contributed by atoms with Crippen LogP contribution in [0.5, 0.6) is 0 Å². The molecule has 1 rings (SSSR count). The Bertz CT molecular complexity index is 299. The zero-order valence-corrected chi connectivity index (χ0v) is 10.5. The zero-order chi connectivity index (χ0) is 12.0. The zero-order valence-electron chi connectivity index (χ0n) is 10.5. The second kappa shape index (κ2) is 6.02. The van der Waals surface area contributed by atoms with Crippen molar-refractivity contribution in [3.05, 3.63) is 35.9 Å².